The van der Waals surface area contributed by atoms with Crippen LogP contribution in [0.4, 0.5) is 5.69 Å². The molecule has 0 saturated carbocycles. The average Bonchev–Trinajstić information content (AvgIpc) is 2.37. The maximum atomic E-state index is 11.5. The zero-order valence-corrected chi connectivity index (χ0v) is 10.9. The largest absolute Gasteiger partial charge is 0.399 e. The van der Waals surface area contributed by atoms with Crippen molar-refractivity contribution in [3.8, 4) is 0 Å². The summed E-state index contributed by atoms with van der Waals surface area (Å²) in [5, 5.41) is 2.90. The van der Waals surface area contributed by atoms with Crippen LogP contribution in [0.1, 0.15) is 25.3 Å². The zero-order chi connectivity index (χ0) is 13.2. The molecular weight excluding hydrogens is 228 g/mol. The Labute approximate surface area is 109 Å². The smallest absolute Gasteiger partial charge is 0.220 e. The lowest BCUT2D eigenvalue weighted by molar-refractivity contribution is -0.121. The number of amides is 1. The number of nitrogen functional groups attached to an aromatic ring is 1. The number of hydrogen-bond donors (Lipinski definition) is 2. The Morgan fingerprint density at radius 2 is 2.06 bits per heavy atom. The third kappa shape index (κ3) is 6.25. The van der Waals surface area contributed by atoms with Gasteiger partial charge in [-0.05, 0) is 37.5 Å². The molecule has 100 valence electrons. The van der Waals surface area contributed by atoms with Crippen LogP contribution in [-0.2, 0) is 16.0 Å². The van der Waals surface area contributed by atoms with Gasteiger partial charge in [0.15, 0.2) is 0 Å². The maximum Gasteiger partial charge on any atom is 0.220 e. The van der Waals surface area contributed by atoms with E-state index in [0.717, 1.165) is 18.5 Å². The fraction of sp³-hybridized carbons (Fsp3) is 0.500. The molecule has 18 heavy (non-hydrogen) atoms. The Kier molecular flexibility index (Phi) is 6.87. The minimum atomic E-state index is 0.0881. The Bertz CT molecular complexity index is 349. The molecule has 0 radical (unpaired) electrons. The number of anilines is 1. The summed E-state index contributed by atoms with van der Waals surface area (Å²) in [4.78, 5) is 11.5. The minimum Gasteiger partial charge on any atom is -0.399 e. The highest BCUT2D eigenvalue weighted by Gasteiger charge is 2.00. The number of ether oxygens (including phenoxy) is 1. The fourth-order valence-electron chi connectivity index (χ4n) is 1.60. The predicted molar refractivity (Wildman–Crippen MR) is 73.3 cm³/mol. The first-order chi connectivity index (χ1) is 8.72. The molecule has 0 spiro atoms. The molecule has 0 aliphatic carbocycles. The van der Waals surface area contributed by atoms with E-state index >= 15 is 0 Å². The Balaban J connectivity index is 2.10. The topological polar surface area (TPSA) is 64.3 Å². The second kappa shape index (κ2) is 8.53. The molecule has 0 aliphatic heterocycles. The number of nitrogens with one attached hydrogen (secondary N) is 1. The molecule has 0 saturated heterocycles. The first-order valence-corrected chi connectivity index (χ1v) is 6.41. The van der Waals surface area contributed by atoms with E-state index in [4.69, 9.17) is 10.5 Å². The van der Waals surface area contributed by atoms with Crippen molar-refractivity contribution in [3.63, 3.8) is 0 Å². The van der Waals surface area contributed by atoms with Gasteiger partial charge in [0.05, 0.1) is 0 Å². The SMILES string of the molecule is CCOCCCC(=O)NCCc1ccc(N)cc1. The molecular formula is C14H22N2O2. The average molecular weight is 250 g/mol. The van der Waals surface area contributed by atoms with Gasteiger partial charge >= 0.3 is 0 Å². The van der Waals surface area contributed by atoms with Gasteiger partial charge in [-0.3, -0.25) is 4.79 Å². The van der Waals surface area contributed by atoms with Crippen LogP contribution < -0.4 is 11.1 Å². The molecule has 1 rings (SSSR count). The van der Waals surface area contributed by atoms with Gasteiger partial charge in [-0.1, -0.05) is 12.1 Å². The van der Waals surface area contributed by atoms with Crippen molar-refractivity contribution in [1.29, 1.82) is 0 Å². The van der Waals surface area contributed by atoms with Crippen molar-refractivity contribution in [2.24, 2.45) is 0 Å². The van der Waals surface area contributed by atoms with Crippen molar-refractivity contribution in [1.82, 2.24) is 5.32 Å². The van der Waals surface area contributed by atoms with Crippen molar-refractivity contribution in [3.05, 3.63) is 29.8 Å². The summed E-state index contributed by atoms with van der Waals surface area (Å²) in [6, 6.07) is 7.71. The highest BCUT2D eigenvalue weighted by Crippen LogP contribution is 2.05. The molecule has 0 aromatic heterocycles. The van der Waals surface area contributed by atoms with Gasteiger partial charge in [0.25, 0.3) is 0 Å². The molecule has 4 heteroatoms. The molecule has 0 unspecified atom stereocenters. The van der Waals surface area contributed by atoms with E-state index in [0.29, 0.717) is 26.2 Å². The zero-order valence-electron chi connectivity index (χ0n) is 10.9. The van der Waals surface area contributed by atoms with Gasteiger partial charge in [-0.25, -0.2) is 0 Å². The highest BCUT2D eigenvalue weighted by molar-refractivity contribution is 5.75. The van der Waals surface area contributed by atoms with Gasteiger partial charge in [-0.15, -0.1) is 0 Å². The number of rotatable bonds is 8. The van der Waals surface area contributed by atoms with Crippen LogP contribution in [-0.4, -0.2) is 25.7 Å². The predicted octanol–water partition coefficient (Wildman–Crippen LogP) is 1.74. The van der Waals surface area contributed by atoms with Crippen LogP contribution >= 0.6 is 0 Å². The fourth-order valence-corrected chi connectivity index (χ4v) is 1.60. The van der Waals surface area contributed by atoms with E-state index in [1.54, 1.807) is 0 Å². The van der Waals surface area contributed by atoms with Gasteiger partial charge in [0, 0.05) is 31.9 Å². The van der Waals surface area contributed by atoms with Crippen LogP contribution in [0.25, 0.3) is 0 Å². The standard InChI is InChI=1S/C14H22N2O2/c1-2-18-11-3-4-14(17)16-10-9-12-5-7-13(15)8-6-12/h5-8H,2-4,9-11,15H2,1H3,(H,16,17). The Hall–Kier alpha value is -1.55. The summed E-state index contributed by atoms with van der Waals surface area (Å²) in [6.07, 6.45) is 2.14. The van der Waals surface area contributed by atoms with E-state index in [2.05, 4.69) is 5.32 Å². The normalized spacial score (nSPS) is 10.3. The van der Waals surface area contributed by atoms with E-state index in [9.17, 15) is 4.79 Å². The second-order valence-electron chi connectivity index (χ2n) is 4.14. The number of benzene rings is 1. The lowest BCUT2D eigenvalue weighted by Gasteiger charge is -2.06. The van der Waals surface area contributed by atoms with Crippen molar-refractivity contribution in [2.75, 3.05) is 25.5 Å². The molecule has 1 amide bonds. The third-order valence-corrected chi connectivity index (χ3v) is 2.61. The van der Waals surface area contributed by atoms with Crippen molar-refractivity contribution >= 4 is 11.6 Å². The van der Waals surface area contributed by atoms with Crippen LogP contribution in [0.2, 0.25) is 0 Å². The summed E-state index contributed by atoms with van der Waals surface area (Å²) >= 11 is 0. The summed E-state index contributed by atoms with van der Waals surface area (Å²) < 4.78 is 5.18. The highest BCUT2D eigenvalue weighted by atomic mass is 16.5. The molecule has 1 aromatic carbocycles. The monoisotopic (exact) mass is 250 g/mol. The van der Waals surface area contributed by atoms with Crippen LogP contribution in [0.3, 0.4) is 0 Å². The maximum absolute atomic E-state index is 11.5. The van der Waals surface area contributed by atoms with Crippen LogP contribution in [0, 0.1) is 0 Å². The van der Waals surface area contributed by atoms with Gasteiger partial charge in [0.1, 0.15) is 0 Å². The number of carbonyl (C=O) groups is 1. The first-order valence-electron chi connectivity index (χ1n) is 6.41. The van der Waals surface area contributed by atoms with Gasteiger partial charge in [0.2, 0.25) is 5.91 Å². The van der Waals surface area contributed by atoms with Crippen LogP contribution in [0.5, 0.6) is 0 Å². The lowest BCUT2D eigenvalue weighted by Crippen LogP contribution is -2.25. The van der Waals surface area contributed by atoms with Crippen molar-refractivity contribution < 1.29 is 9.53 Å². The summed E-state index contributed by atoms with van der Waals surface area (Å²) in [6.45, 7) is 3.98. The molecule has 0 aliphatic rings. The van der Waals surface area contributed by atoms with Crippen molar-refractivity contribution in [2.45, 2.75) is 26.2 Å². The third-order valence-electron chi connectivity index (χ3n) is 2.61. The Morgan fingerprint density at radius 1 is 1.33 bits per heavy atom. The van der Waals surface area contributed by atoms with E-state index in [1.807, 2.05) is 31.2 Å². The quantitative estimate of drug-likeness (QED) is 0.545. The lowest BCUT2D eigenvalue weighted by atomic mass is 10.1. The molecule has 4 nitrogen and oxygen atoms in total. The van der Waals surface area contributed by atoms with Gasteiger partial charge < -0.3 is 15.8 Å². The van der Waals surface area contributed by atoms with Crippen LogP contribution in [0.15, 0.2) is 24.3 Å². The van der Waals surface area contributed by atoms with Gasteiger partial charge in [-0.2, -0.15) is 0 Å². The molecule has 0 heterocycles. The summed E-state index contributed by atoms with van der Waals surface area (Å²) in [5.74, 6) is 0.0881. The molecule has 0 atom stereocenters. The Morgan fingerprint density at radius 3 is 2.72 bits per heavy atom. The summed E-state index contributed by atoms with van der Waals surface area (Å²) in [7, 11) is 0. The number of nitrogens with two attached hydrogens (primary N) is 1. The number of carbonyl (C=O) groups excluding carboxylic acids is 1. The minimum absolute atomic E-state index is 0.0881. The molecule has 0 bridgehead atoms. The second-order valence-corrected chi connectivity index (χ2v) is 4.14. The number of hydrogen-bond acceptors (Lipinski definition) is 3. The molecule has 0 fully saturated rings. The first kappa shape index (κ1) is 14.5. The van der Waals surface area contributed by atoms with E-state index < -0.39 is 0 Å². The van der Waals surface area contributed by atoms with E-state index in [-0.39, 0.29) is 5.91 Å². The molecule has 3 N–H and O–H groups in total. The summed E-state index contributed by atoms with van der Waals surface area (Å²) in [5.41, 5.74) is 7.54. The van der Waals surface area contributed by atoms with E-state index in [1.165, 1.54) is 5.56 Å². The molecule has 1 aromatic rings.